The van der Waals surface area contributed by atoms with Gasteiger partial charge in [0.2, 0.25) is 11.0 Å². The van der Waals surface area contributed by atoms with E-state index in [9.17, 15) is 18.0 Å². The lowest BCUT2D eigenvalue weighted by Crippen LogP contribution is -2.25. The van der Waals surface area contributed by atoms with Crippen LogP contribution in [0.25, 0.3) is 0 Å². The van der Waals surface area contributed by atoms with Crippen molar-refractivity contribution in [2.24, 2.45) is 0 Å². The SMILES string of the molecule is N#CCCNC(=O)CSc1nnc(Nc2ccc(OC(F)(F)F)cc2)s1. The first-order chi connectivity index (χ1) is 12.4. The molecule has 0 atom stereocenters. The minimum Gasteiger partial charge on any atom is -0.406 e. The van der Waals surface area contributed by atoms with Crippen molar-refractivity contribution in [3.63, 3.8) is 0 Å². The Labute approximate surface area is 154 Å². The average molecular weight is 403 g/mol. The Hall–Kier alpha value is -2.52. The number of carbonyl (C=O) groups is 1. The van der Waals surface area contributed by atoms with Gasteiger partial charge in [0.1, 0.15) is 5.75 Å². The van der Waals surface area contributed by atoms with Crippen LogP contribution < -0.4 is 15.4 Å². The van der Waals surface area contributed by atoms with Crippen molar-refractivity contribution in [3.8, 4) is 11.8 Å². The number of nitrogens with one attached hydrogen (secondary N) is 2. The van der Waals surface area contributed by atoms with E-state index in [1.807, 2.05) is 6.07 Å². The number of halogens is 3. The Morgan fingerprint density at radius 1 is 1.31 bits per heavy atom. The second-order valence-corrected chi connectivity index (χ2v) is 6.82. The first kappa shape index (κ1) is 19.8. The van der Waals surface area contributed by atoms with E-state index in [0.29, 0.717) is 21.7 Å². The molecule has 2 N–H and O–H groups in total. The maximum absolute atomic E-state index is 12.1. The number of amides is 1. The Kier molecular flexibility index (Phi) is 7.05. The lowest BCUT2D eigenvalue weighted by Gasteiger charge is -2.09. The quantitative estimate of drug-likeness (QED) is 0.515. The summed E-state index contributed by atoms with van der Waals surface area (Å²) >= 11 is 2.39. The van der Waals surface area contributed by atoms with Crippen LogP contribution in [0.1, 0.15) is 6.42 Å². The van der Waals surface area contributed by atoms with E-state index >= 15 is 0 Å². The molecule has 2 rings (SSSR count). The Bertz CT molecular complexity index is 774. The van der Waals surface area contributed by atoms with Crippen LogP contribution in [0.2, 0.25) is 0 Å². The summed E-state index contributed by atoms with van der Waals surface area (Å²) in [6.45, 7) is 0.298. The summed E-state index contributed by atoms with van der Waals surface area (Å²) in [6.07, 6.45) is -4.49. The molecule has 2 aromatic rings. The molecule has 1 amide bonds. The van der Waals surface area contributed by atoms with Gasteiger partial charge in [-0.3, -0.25) is 4.79 Å². The van der Waals surface area contributed by atoms with Gasteiger partial charge in [-0.2, -0.15) is 5.26 Å². The first-order valence-electron chi connectivity index (χ1n) is 7.08. The highest BCUT2D eigenvalue weighted by atomic mass is 32.2. The third-order valence-electron chi connectivity index (χ3n) is 2.63. The normalized spacial score (nSPS) is 10.8. The molecule has 0 aliphatic carbocycles. The predicted octanol–water partition coefficient (Wildman–Crippen LogP) is 3.30. The van der Waals surface area contributed by atoms with E-state index in [4.69, 9.17) is 5.26 Å². The second-order valence-electron chi connectivity index (χ2n) is 4.62. The highest BCUT2D eigenvalue weighted by molar-refractivity contribution is 8.01. The van der Waals surface area contributed by atoms with Crippen LogP contribution in [0, 0.1) is 11.3 Å². The van der Waals surface area contributed by atoms with Crippen molar-refractivity contribution in [3.05, 3.63) is 24.3 Å². The number of thioether (sulfide) groups is 1. The molecule has 0 bridgehead atoms. The molecule has 0 aliphatic rings. The summed E-state index contributed by atoms with van der Waals surface area (Å²) < 4.78 is 40.7. The largest absolute Gasteiger partial charge is 0.573 e. The molecule has 0 radical (unpaired) electrons. The van der Waals surface area contributed by atoms with Crippen molar-refractivity contribution in [1.82, 2.24) is 15.5 Å². The number of nitrogens with zero attached hydrogens (tertiary/aromatic N) is 3. The monoisotopic (exact) mass is 403 g/mol. The number of hydrogen-bond acceptors (Lipinski definition) is 8. The molecule has 1 aromatic heterocycles. The maximum atomic E-state index is 12.1. The van der Waals surface area contributed by atoms with Crippen LogP contribution in [-0.4, -0.2) is 34.8 Å². The zero-order valence-electron chi connectivity index (χ0n) is 13.0. The molecular formula is C14H12F3N5O2S2. The lowest BCUT2D eigenvalue weighted by molar-refractivity contribution is -0.274. The first-order valence-corrected chi connectivity index (χ1v) is 8.89. The Morgan fingerprint density at radius 3 is 2.69 bits per heavy atom. The molecule has 7 nitrogen and oxygen atoms in total. The molecule has 1 heterocycles. The van der Waals surface area contributed by atoms with Gasteiger partial charge in [0.25, 0.3) is 0 Å². The van der Waals surface area contributed by atoms with E-state index in [2.05, 4.69) is 25.6 Å². The summed E-state index contributed by atoms with van der Waals surface area (Å²) in [7, 11) is 0. The fourth-order valence-electron chi connectivity index (χ4n) is 1.62. The van der Waals surface area contributed by atoms with Gasteiger partial charge < -0.3 is 15.4 Å². The zero-order chi connectivity index (χ0) is 19.0. The summed E-state index contributed by atoms with van der Waals surface area (Å²) in [6, 6.07) is 7.11. The van der Waals surface area contributed by atoms with Crippen LogP contribution >= 0.6 is 23.1 Å². The number of nitriles is 1. The van der Waals surface area contributed by atoms with Crippen LogP contribution in [-0.2, 0) is 4.79 Å². The molecule has 0 saturated carbocycles. The van der Waals surface area contributed by atoms with Gasteiger partial charge >= 0.3 is 6.36 Å². The molecule has 0 fully saturated rings. The molecule has 0 aliphatic heterocycles. The number of anilines is 2. The molecular weight excluding hydrogens is 391 g/mol. The summed E-state index contributed by atoms with van der Waals surface area (Å²) in [5, 5.41) is 22.1. The third-order valence-corrected chi connectivity index (χ3v) is 4.60. The summed E-state index contributed by atoms with van der Waals surface area (Å²) in [4.78, 5) is 11.5. The third kappa shape index (κ3) is 7.16. The smallest absolute Gasteiger partial charge is 0.406 e. The molecule has 1 aromatic carbocycles. The predicted molar refractivity (Wildman–Crippen MR) is 90.3 cm³/mol. The molecule has 0 spiro atoms. The number of hydrogen-bond donors (Lipinski definition) is 2. The topological polar surface area (TPSA) is 99.9 Å². The average Bonchev–Trinajstić information content (AvgIpc) is 3.01. The van der Waals surface area contributed by atoms with Gasteiger partial charge in [-0.05, 0) is 24.3 Å². The minimum absolute atomic E-state index is 0.142. The summed E-state index contributed by atoms with van der Waals surface area (Å²) in [5.74, 6) is -0.391. The van der Waals surface area contributed by atoms with E-state index in [1.54, 1.807) is 0 Å². The van der Waals surface area contributed by atoms with Crippen molar-refractivity contribution >= 4 is 39.8 Å². The number of rotatable bonds is 8. The number of alkyl halides is 3. The zero-order valence-corrected chi connectivity index (χ0v) is 14.7. The lowest BCUT2D eigenvalue weighted by atomic mass is 10.3. The highest BCUT2D eigenvalue weighted by Gasteiger charge is 2.30. The number of aromatic nitrogens is 2. The number of ether oxygens (including phenoxy) is 1. The fraction of sp³-hybridized carbons (Fsp3) is 0.286. The van der Waals surface area contributed by atoms with Crippen LogP contribution in [0.4, 0.5) is 24.0 Å². The van der Waals surface area contributed by atoms with E-state index in [-0.39, 0.29) is 23.8 Å². The van der Waals surface area contributed by atoms with Crippen LogP contribution in [0.5, 0.6) is 5.75 Å². The molecule has 0 saturated heterocycles. The second kappa shape index (κ2) is 9.25. The van der Waals surface area contributed by atoms with Crippen molar-refractivity contribution in [2.75, 3.05) is 17.6 Å². The minimum atomic E-state index is -4.73. The van der Waals surface area contributed by atoms with Gasteiger partial charge in [0.15, 0.2) is 4.34 Å². The molecule has 0 unspecified atom stereocenters. The Balaban J connectivity index is 1.82. The van der Waals surface area contributed by atoms with E-state index in [0.717, 1.165) is 0 Å². The van der Waals surface area contributed by atoms with E-state index < -0.39 is 6.36 Å². The molecule has 12 heteroatoms. The standard InChI is InChI=1S/C14H12F3N5O2S2/c15-14(16,17)24-10-4-2-9(3-5-10)20-12-21-22-13(26-12)25-8-11(23)19-7-1-6-18/h2-5H,1,7-8H2,(H,19,23)(H,20,21). The van der Waals surface area contributed by atoms with Gasteiger partial charge in [-0.25, -0.2) is 0 Å². The van der Waals surface area contributed by atoms with E-state index in [1.165, 1.54) is 47.4 Å². The van der Waals surface area contributed by atoms with Gasteiger partial charge in [-0.15, -0.1) is 23.4 Å². The van der Waals surface area contributed by atoms with Crippen LogP contribution in [0.15, 0.2) is 28.6 Å². The van der Waals surface area contributed by atoms with Crippen molar-refractivity contribution < 1.29 is 22.7 Å². The molecule has 26 heavy (non-hydrogen) atoms. The van der Waals surface area contributed by atoms with Gasteiger partial charge in [-0.1, -0.05) is 23.1 Å². The van der Waals surface area contributed by atoms with Crippen LogP contribution in [0.3, 0.4) is 0 Å². The maximum Gasteiger partial charge on any atom is 0.573 e. The van der Waals surface area contributed by atoms with Crippen molar-refractivity contribution in [1.29, 1.82) is 5.26 Å². The Morgan fingerprint density at radius 2 is 2.04 bits per heavy atom. The van der Waals surface area contributed by atoms with Gasteiger partial charge in [0.05, 0.1) is 18.2 Å². The fourth-order valence-corrected chi connectivity index (χ4v) is 3.22. The number of benzene rings is 1. The van der Waals surface area contributed by atoms with Gasteiger partial charge in [0, 0.05) is 12.2 Å². The highest BCUT2D eigenvalue weighted by Crippen LogP contribution is 2.29. The summed E-state index contributed by atoms with van der Waals surface area (Å²) in [5.41, 5.74) is 0.515. The van der Waals surface area contributed by atoms with Crippen molar-refractivity contribution in [2.45, 2.75) is 17.1 Å². The number of carbonyl (C=O) groups excluding carboxylic acids is 1. The molecule has 138 valence electrons.